The van der Waals surface area contributed by atoms with Gasteiger partial charge < -0.3 is 29.3 Å². The second kappa shape index (κ2) is 16.1. The first-order valence-electron chi connectivity index (χ1n) is 16.3. The molecular formula is C33H52FN7O4. The van der Waals surface area contributed by atoms with Gasteiger partial charge in [0.2, 0.25) is 0 Å². The molecule has 0 saturated carbocycles. The lowest BCUT2D eigenvalue weighted by atomic mass is 9.76. The van der Waals surface area contributed by atoms with Crippen molar-refractivity contribution in [3.8, 4) is 11.6 Å². The van der Waals surface area contributed by atoms with Gasteiger partial charge in [0.15, 0.2) is 5.82 Å². The Kier molecular flexibility index (Phi) is 12.5. The van der Waals surface area contributed by atoms with Gasteiger partial charge >= 0.3 is 0 Å². The summed E-state index contributed by atoms with van der Waals surface area (Å²) in [6, 6.07) is 4.47. The van der Waals surface area contributed by atoms with Gasteiger partial charge in [-0.3, -0.25) is 9.69 Å². The van der Waals surface area contributed by atoms with Gasteiger partial charge in [0.05, 0.1) is 18.3 Å². The van der Waals surface area contributed by atoms with E-state index in [2.05, 4.69) is 44.1 Å². The third kappa shape index (κ3) is 8.66. The molecule has 2 aliphatic heterocycles. The van der Waals surface area contributed by atoms with Crippen LogP contribution in [0.5, 0.6) is 11.6 Å². The minimum atomic E-state index is -0.503. The van der Waals surface area contributed by atoms with Crippen LogP contribution in [0.1, 0.15) is 64.2 Å². The second-order valence-corrected chi connectivity index (χ2v) is 13.1. The third-order valence-corrected chi connectivity index (χ3v) is 9.14. The van der Waals surface area contributed by atoms with E-state index in [0.29, 0.717) is 30.9 Å². The summed E-state index contributed by atoms with van der Waals surface area (Å²) in [6.07, 6.45) is 4.80. The monoisotopic (exact) mass is 629 g/mol. The fourth-order valence-corrected chi connectivity index (χ4v) is 6.76. The summed E-state index contributed by atoms with van der Waals surface area (Å²) in [6.45, 7) is 17.0. The molecule has 2 fully saturated rings. The molecule has 45 heavy (non-hydrogen) atoms. The predicted octanol–water partition coefficient (Wildman–Crippen LogP) is 4.24. The number of benzene rings is 1. The van der Waals surface area contributed by atoms with E-state index in [0.717, 1.165) is 58.5 Å². The number of hydrogen-bond acceptors (Lipinski definition) is 10. The lowest BCUT2D eigenvalue weighted by molar-refractivity contribution is -0.0340. The number of amides is 1. The van der Waals surface area contributed by atoms with Crippen molar-refractivity contribution in [2.45, 2.75) is 72.1 Å². The SMILES string of the molecule is CCN(C(=O)c1cc(F)ccc1Oc1nncnc1N1CCC2(C1)CN([C@H](CCCNCC(COC)OC)C(C)C)C2)C(C)C. The zero-order valence-corrected chi connectivity index (χ0v) is 28.1. The Balaban J connectivity index is 1.37. The van der Waals surface area contributed by atoms with Crippen molar-refractivity contribution < 1.29 is 23.4 Å². The number of rotatable bonds is 17. The molecule has 3 heterocycles. The summed E-state index contributed by atoms with van der Waals surface area (Å²) in [7, 11) is 3.42. The first kappa shape index (κ1) is 34.9. The number of likely N-dealkylation sites (tertiary alicyclic amines) is 1. The van der Waals surface area contributed by atoms with Gasteiger partial charge in [-0.1, -0.05) is 13.8 Å². The number of carbonyl (C=O) groups excluding carboxylic acids is 1. The lowest BCUT2D eigenvalue weighted by Gasteiger charge is -2.53. The summed E-state index contributed by atoms with van der Waals surface area (Å²) < 4.78 is 31.1. The van der Waals surface area contributed by atoms with E-state index >= 15 is 0 Å². The van der Waals surface area contributed by atoms with Gasteiger partial charge in [-0.2, -0.15) is 0 Å². The first-order valence-corrected chi connectivity index (χ1v) is 16.3. The quantitative estimate of drug-likeness (QED) is 0.256. The van der Waals surface area contributed by atoms with Crippen LogP contribution in [-0.4, -0.2) is 116 Å². The maximum atomic E-state index is 14.3. The minimum absolute atomic E-state index is 0.0445. The standard InChI is InChI=1S/C33H52FN7O4/c1-8-41(24(4)5)32(42)27-16-25(34)11-12-29(27)45-31-30(36-22-37-38-31)39-15-13-33(19-39)20-40(21-33)28(23(2)3)10-9-14-35-17-26(44-7)18-43-6/h11-12,16,22-24,26,28,35H,8-10,13-15,17-21H2,1-7H3/t26?,28-/m1/s1. The average Bonchev–Trinajstić information content (AvgIpc) is 3.44. The molecule has 1 spiro atoms. The van der Waals surface area contributed by atoms with Crippen molar-refractivity contribution in [2.75, 3.05) is 71.5 Å². The smallest absolute Gasteiger partial charge is 0.282 e. The van der Waals surface area contributed by atoms with E-state index in [-0.39, 0.29) is 40.7 Å². The zero-order chi connectivity index (χ0) is 32.6. The maximum Gasteiger partial charge on any atom is 0.282 e. The van der Waals surface area contributed by atoms with Crippen LogP contribution >= 0.6 is 0 Å². The molecule has 2 saturated heterocycles. The largest absolute Gasteiger partial charge is 0.434 e. The first-order chi connectivity index (χ1) is 21.6. The average molecular weight is 630 g/mol. The van der Waals surface area contributed by atoms with Crippen molar-refractivity contribution in [1.82, 2.24) is 30.3 Å². The number of nitrogens with one attached hydrogen (secondary N) is 1. The zero-order valence-electron chi connectivity index (χ0n) is 28.1. The number of halogens is 1. The summed E-state index contributed by atoms with van der Waals surface area (Å²) >= 11 is 0. The molecule has 1 aromatic heterocycles. The summed E-state index contributed by atoms with van der Waals surface area (Å²) in [5.41, 5.74) is 0.341. The molecule has 0 aliphatic carbocycles. The van der Waals surface area contributed by atoms with Crippen LogP contribution in [0.15, 0.2) is 24.5 Å². The number of methoxy groups -OCH3 is 2. The van der Waals surface area contributed by atoms with E-state index in [9.17, 15) is 9.18 Å². The predicted molar refractivity (Wildman–Crippen MR) is 172 cm³/mol. The summed E-state index contributed by atoms with van der Waals surface area (Å²) in [4.78, 5) is 24.4. The molecule has 11 nitrogen and oxygen atoms in total. The molecule has 1 amide bonds. The van der Waals surface area contributed by atoms with Crippen LogP contribution in [0.25, 0.3) is 0 Å². The van der Waals surface area contributed by atoms with E-state index in [1.165, 1.54) is 24.5 Å². The van der Waals surface area contributed by atoms with E-state index in [1.807, 2.05) is 20.8 Å². The molecule has 4 rings (SSSR count). The third-order valence-electron chi connectivity index (χ3n) is 9.14. The van der Waals surface area contributed by atoms with Crippen molar-refractivity contribution >= 4 is 11.7 Å². The Morgan fingerprint density at radius 1 is 1.18 bits per heavy atom. The molecule has 1 aromatic carbocycles. The van der Waals surface area contributed by atoms with E-state index in [4.69, 9.17) is 14.2 Å². The molecule has 250 valence electrons. The Morgan fingerprint density at radius 3 is 2.62 bits per heavy atom. The molecule has 2 aliphatic rings. The molecular weight excluding hydrogens is 577 g/mol. The highest BCUT2D eigenvalue weighted by atomic mass is 19.1. The van der Waals surface area contributed by atoms with Gasteiger partial charge in [-0.15, -0.1) is 10.2 Å². The second-order valence-electron chi connectivity index (χ2n) is 13.1. The van der Waals surface area contributed by atoms with Crippen LogP contribution < -0.4 is 15.0 Å². The van der Waals surface area contributed by atoms with Gasteiger partial charge in [-0.25, -0.2) is 9.37 Å². The number of carbonyl (C=O) groups is 1. The van der Waals surface area contributed by atoms with Crippen molar-refractivity contribution in [1.29, 1.82) is 0 Å². The highest BCUT2D eigenvalue weighted by molar-refractivity contribution is 5.97. The maximum absolute atomic E-state index is 14.3. The topological polar surface area (TPSA) is 105 Å². The van der Waals surface area contributed by atoms with Crippen LogP contribution in [0.4, 0.5) is 10.2 Å². The van der Waals surface area contributed by atoms with Gasteiger partial charge in [0.25, 0.3) is 11.8 Å². The fourth-order valence-electron chi connectivity index (χ4n) is 6.76. The van der Waals surface area contributed by atoms with Crippen LogP contribution in [0, 0.1) is 17.2 Å². The molecule has 12 heteroatoms. The molecule has 2 atom stereocenters. The van der Waals surface area contributed by atoms with Gasteiger partial charge in [-0.05, 0) is 70.7 Å². The van der Waals surface area contributed by atoms with Crippen LogP contribution in [-0.2, 0) is 9.47 Å². The Labute approximate surface area is 267 Å². The van der Waals surface area contributed by atoms with Crippen molar-refractivity contribution in [2.24, 2.45) is 11.3 Å². The Bertz CT molecular complexity index is 1240. The normalized spacial score (nSPS) is 17.6. The molecule has 2 aromatic rings. The van der Waals surface area contributed by atoms with Gasteiger partial charge in [0.1, 0.15) is 17.9 Å². The number of aromatic nitrogens is 3. The van der Waals surface area contributed by atoms with Crippen LogP contribution in [0.2, 0.25) is 0 Å². The van der Waals surface area contributed by atoms with Crippen molar-refractivity contribution in [3.63, 3.8) is 0 Å². The summed E-state index contributed by atoms with van der Waals surface area (Å²) in [5, 5.41) is 11.7. The highest BCUT2D eigenvalue weighted by Crippen LogP contribution is 2.44. The Hall–Kier alpha value is -2.93. The lowest BCUT2D eigenvalue weighted by Crippen LogP contribution is -2.62. The number of ether oxygens (including phenoxy) is 3. The fraction of sp³-hybridized carbons (Fsp3) is 0.697. The molecule has 0 radical (unpaired) electrons. The summed E-state index contributed by atoms with van der Waals surface area (Å²) in [5.74, 6) is 0.811. The minimum Gasteiger partial charge on any atom is -0.434 e. The van der Waals surface area contributed by atoms with Gasteiger partial charge in [0, 0.05) is 71.0 Å². The van der Waals surface area contributed by atoms with E-state index < -0.39 is 5.82 Å². The van der Waals surface area contributed by atoms with Crippen LogP contribution in [0.3, 0.4) is 0 Å². The van der Waals surface area contributed by atoms with Crippen molar-refractivity contribution in [3.05, 3.63) is 35.9 Å². The highest BCUT2D eigenvalue weighted by Gasteiger charge is 2.50. The molecule has 1 unspecified atom stereocenters. The number of nitrogens with zero attached hydrogens (tertiary/aromatic N) is 6. The molecule has 1 N–H and O–H groups in total. The van der Waals surface area contributed by atoms with E-state index in [1.54, 1.807) is 19.1 Å². The Morgan fingerprint density at radius 2 is 1.96 bits per heavy atom. The molecule has 0 bridgehead atoms. The number of hydrogen-bond donors (Lipinski definition) is 1. The number of anilines is 1.